The molecule has 0 N–H and O–H groups in total. The van der Waals surface area contributed by atoms with Gasteiger partial charge in [0.05, 0.1) is 5.69 Å². The van der Waals surface area contributed by atoms with Crippen molar-refractivity contribution >= 4 is 67.4 Å². The van der Waals surface area contributed by atoms with E-state index < -0.39 is 0 Å². The first-order valence-electron chi connectivity index (χ1n) is 10.5. The molecule has 0 amide bonds. The molecule has 1 aliphatic rings. The summed E-state index contributed by atoms with van der Waals surface area (Å²) < 4.78 is 0.904. The van der Waals surface area contributed by atoms with Gasteiger partial charge < -0.3 is 9.80 Å². The van der Waals surface area contributed by atoms with Crippen LogP contribution in [0.25, 0.3) is 10.8 Å². The molecule has 162 valence electrons. The van der Waals surface area contributed by atoms with Gasteiger partial charge in [-0.3, -0.25) is 0 Å². The number of fused-ring (bicyclic) bond motifs is 1. The lowest BCUT2D eigenvalue weighted by Crippen LogP contribution is -2.53. The standard InChI is InChI=1S/C24H33N3S3/c1-16(2)24(17(3)4)14-27(23(28)29-7)22(30-15-24)25-20-12-13-21(26(5)6)19-11-9-8-10-18(19)20/h8-13,16-17H,14-15H2,1-7H3. The third-order valence-electron chi connectivity index (χ3n) is 6.42. The number of anilines is 1. The maximum atomic E-state index is 5.78. The highest BCUT2D eigenvalue weighted by molar-refractivity contribution is 8.23. The molecule has 1 fully saturated rings. The molecule has 0 bridgehead atoms. The first-order valence-corrected chi connectivity index (χ1v) is 13.1. The fraction of sp³-hybridized carbons (Fsp3) is 0.500. The lowest BCUT2D eigenvalue weighted by atomic mass is 9.70. The molecule has 0 aliphatic carbocycles. The number of thioether (sulfide) groups is 2. The van der Waals surface area contributed by atoms with Crippen LogP contribution in [0.2, 0.25) is 0 Å². The lowest BCUT2D eigenvalue weighted by molar-refractivity contribution is 0.123. The van der Waals surface area contributed by atoms with Gasteiger partial charge >= 0.3 is 0 Å². The summed E-state index contributed by atoms with van der Waals surface area (Å²) in [5.41, 5.74) is 2.44. The van der Waals surface area contributed by atoms with Crippen molar-refractivity contribution in [1.29, 1.82) is 0 Å². The largest absolute Gasteiger partial charge is 0.377 e. The fourth-order valence-electron chi connectivity index (χ4n) is 4.25. The van der Waals surface area contributed by atoms with Crippen LogP contribution in [0.15, 0.2) is 41.4 Å². The zero-order valence-corrected chi connectivity index (χ0v) is 21.5. The second kappa shape index (κ2) is 9.49. The van der Waals surface area contributed by atoms with Crippen molar-refractivity contribution in [1.82, 2.24) is 4.90 Å². The molecule has 6 heteroatoms. The molecular weight excluding hydrogens is 426 g/mol. The van der Waals surface area contributed by atoms with Gasteiger partial charge in [-0.1, -0.05) is 87.7 Å². The minimum atomic E-state index is 0.223. The van der Waals surface area contributed by atoms with Crippen LogP contribution in [0.3, 0.4) is 0 Å². The summed E-state index contributed by atoms with van der Waals surface area (Å²) >= 11 is 9.28. The Morgan fingerprint density at radius 1 is 1.10 bits per heavy atom. The molecule has 0 atom stereocenters. The molecule has 0 spiro atoms. The van der Waals surface area contributed by atoms with Gasteiger partial charge in [-0.15, -0.1) is 0 Å². The predicted molar refractivity (Wildman–Crippen MR) is 143 cm³/mol. The highest BCUT2D eigenvalue weighted by Crippen LogP contribution is 2.45. The minimum absolute atomic E-state index is 0.223. The number of hydrogen-bond donors (Lipinski definition) is 0. The topological polar surface area (TPSA) is 18.8 Å². The predicted octanol–water partition coefficient (Wildman–Crippen LogP) is 6.89. The number of aliphatic imine (C=N–C) groups is 1. The van der Waals surface area contributed by atoms with Gasteiger partial charge in [0.15, 0.2) is 5.17 Å². The SMILES string of the molecule is CSC(=S)N1CC(C(C)C)(C(C)C)CSC1=Nc1ccc(N(C)C)c2ccccc12. The molecule has 0 radical (unpaired) electrons. The van der Waals surface area contributed by atoms with E-state index in [1.54, 1.807) is 11.8 Å². The van der Waals surface area contributed by atoms with Crippen molar-refractivity contribution in [2.45, 2.75) is 27.7 Å². The highest BCUT2D eigenvalue weighted by atomic mass is 32.2. The molecule has 1 saturated heterocycles. The Bertz CT molecular complexity index is 942. The summed E-state index contributed by atoms with van der Waals surface area (Å²) in [6.07, 6.45) is 2.06. The summed E-state index contributed by atoms with van der Waals surface area (Å²) in [6, 6.07) is 12.8. The van der Waals surface area contributed by atoms with Crippen molar-refractivity contribution in [2.24, 2.45) is 22.2 Å². The van der Waals surface area contributed by atoms with Crippen LogP contribution in [0, 0.1) is 17.3 Å². The van der Waals surface area contributed by atoms with Gasteiger partial charge in [-0.2, -0.15) is 0 Å². The van der Waals surface area contributed by atoms with E-state index in [1.165, 1.54) is 16.5 Å². The lowest BCUT2D eigenvalue weighted by Gasteiger charge is -2.48. The van der Waals surface area contributed by atoms with Crippen molar-refractivity contribution in [3.8, 4) is 0 Å². The molecular formula is C24H33N3S3. The van der Waals surface area contributed by atoms with E-state index in [4.69, 9.17) is 17.2 Å². The first kappa shape index (κ1) is 23.4. The van der Waals surface area contributed by atoms with Gasteiger partial charge in [0.25, 0.3) is 0 Å². The molecule has 2 aromatic carbocycles. The van der Waals surface area contributed by atoms with E-state index in [0.717, 1.165) is 27.5 Å². The zero-order valence-electron chi connectivity index (χ0n) is 19.1. The first-order chi connectivity index (χ1) is 14.2. The minimum Gasteiger partial charge on any atom is -0.377 e. The molecule has 0 unspecified atom stereocenters. The zero-order chi connectivity index (χ0) is 22.1. The second-order valence-corrected chi connectivity index (χ2v) is 11.2. The Morgan fingerprint density at radius 2 is 1.73 bits per heavy atom. The molecule has 1 aliphatic heterocycles. The Hall–Kier alpha value is -1.24. The van der Waals surface area contributed by atoms with E-state index in [9.17, 15) is 0 Å². The number of nitrogens with zero attached hydrogens (tertiary/aromatic N) is 3. The number of benzene rings is 2. The van der Waals surface area contributed by atoms with Crippen molar-refractivity contribution in [2.75, 3.05) is 37.5 Å². The maximum absolute atomic E-state index is 5.78. The summed E-state index contributed by atoms with van der Waals surface area (Å²) in [7, 11) is 4.17. The van der Waals surface area contributed by atoms with Crippen LogP contribution in [-0.4, -0.2) is 47.0 Å². The van der Waals surface area contributed by atoms with Gasteiger partial charge in [0.2, 0.25) is 0 Å². The molecule has 1 heterocycles. The van der Waals surface area contributed by atoms with Gasteiger partial charge in [0, 0.05) is 48.3 Å². The molecule has 3 nitrogen and oxygen atoms in total. The Balaban J connectivity index is 2.09. The maximum Gasteiger partial charge on any atom is 0.169 e. The number of hydrogen-bond acceptors (Lipinski definition) is 5. The van der Waals surface area contributed by atoms with E-state index >= 15 is 0 Å². The molecule has 3 rings (SSSR count). The van der Waals surface area contributed by atoms with Crippen LogP contribution in [-0.2, 0) is 0 Å². The van der Waals surface area contributed by atoms with Crippen LogP contribution in [0.5, 0.6) is 0 Å². The molecule has 0 aromatic heterocycles. The number of amidine groups is 1. The average Bonchev–Trinajstić information content (AvgIpc) is 2.73. The third kappa shape index (κ3) is 4.37. The Morgan fingerprint density at radius 3 is 2.30 bits per heavy atom. The number of rotatable bonds is 4. The van der Waals surface area contributed by atoms with E-state index in [-0.39, 0.29) is 5.41 Å². The summed E-state index contributed by atoms with van der Waals surface area (Å²) in [5.74, 6) is 2.24. The van der Waals surface area contributed by atoms with Crippen LogP contribution >= 0.6 is 35.7 Å². The molecule has 30 heavy (non-hydrogen) atoms. The van der Waals surface area contributed by atoms with E-state index in [2.05, 4.69) is 94.2 Å². The summed E-state index contributed by atoms with van der Waals surface area (Å²) in [4.78, 5) is 9.60. The normalized spacial score (nSPS) is 17.9. The van der Waals surface area contributed by atoms with Crippen LogP contribution < -0.4 is 4.90 Å². The molecule has 0 saturated carbocycles. The Kier molecular flexibility index (Phi) is 7.41. The van der Waals surface area contributed by atoms with Crippen LogP contribution in [0.1, 0.15) is 27.7 Å². The third-order valence-corrected chi connectivity index (χ3v) is 8.97. The van der Waals surface area contributed by atoms with Gasteiger partial charge in [-0.05, 0) is 30.2 Å². The van der Waals surface area contributed by atoms with Gasteiger partial charge in [0.1, 0.15) is 4.32 Å². The van der Waals surface area contributed by atoms with Gasteiger partial charge in [-0.25, -0.2) is 4.99 Å². The summed E-state index contributed by atoms with van der Waals surface area (Å²) in [5, 5.41) is 3.42. The smallest absolute Gasteiger partial charge is 0.169 e. The quantitative estimate of drug-likeness (QED) is 0.462. The van der Waals surface area contributed by atoms with Crippen molar-refractivity contribution < 1.29 is 0 Å². The molecule has 2 aromatic rings. The van der Waals surface area contributed by atoms with E-state index in [0.29, 0.717) is 11.8 Å². The summed E-state index contributed by atoms with van der Waals surface area (Å²) in [6.45, 7) is 10.3. The fourth-order valence-corrected chi connectivity index (χ4v) is 6.52. The van der Waals surface area contributed by atoms with E-state index in [1.807, 2.05) is 11.8 Å². The number of thiocarbonyl (C=S) groups is 1. The monoisotopic (exact) mass is 459 g/mol. The van der Waals surface area contributed by atoms with Crippen molar-refractivity contribution in [3.05, 3.63) is 36.4 Å². The highest BCUT2D eigenvalue weighted by Gasteiger charge is 2.44. The van der Waals surface area contributed by atoms with Crippen molar-refractivity contribution in [3.63, 3.8) is 0 Å². The Labute approximate surface area is 195 Å². The van der Waals surface area contributed by atoms with Crippen LogP contribution in [0.4, 0.5) is 11.4 Å². The average molecular weight is 460 g/mol. The second-order valence-electron chi connectivity index (χ2n) is 8.83.